The number of aryl methyl sites for hydroxylation is 2. The SMILES string of the molecule is COc1cc(CCc2ccc3c(c2)OCO3)cc(OC)c1OC. The summed E-state index contributed by atoms with van der Waals surface area (Å²) in [6.07, 6.45) is 1.74. The van der Waals surface area contributed by atoms with Gasteiger partial charge in [0.2, 0.25) is 12.5 Å². The van der Waals surface area contributed by atoms with Crippen molar-refractivity contribution in [1.82, 2.24) is 0 Å². The van der Waals surface area contributed by atoms with Crippen LogP contribution in [0, 0.1) is 0 Å². The van der Waals surface area contributed by atoms with Crippen molar-refractivity contribution in [2.45, 2.75) is 12.8 Å². The smallest absolute Gasteiger partial charge is 0.231 e. The van der Waals surface area contributed by atoms with Gasteiger partial charge >= 0.3 is 0 Å². The number of rotatable bonds is 6. The van der Waals surface area contributed by atoms with E-state index in [2.05, 4.69) is 6.07 Å². The predicted molar refractivity (Wildman–Crippen MR) is 86.1 cm³/mol. The molecule has 0 unspecified atom stereocenters. The molecule has 3 rings (SSSR count). The molecular formula is C18H20O5. The topological polar surface area (TPSA) is 46.2 Å². The average molecular weight is 316 g/mol. The van der Waals surface area contributed by atoms with E-state index in [9.17, 15) is 0 Å². The first-order chi connectivity index (χ1) is 11.2. The van der Waals surface area contributed by atoms with E-state index >= 15 is 0 Å². The van der Waals surface area contributed by atoms with E-state index < -0.39 is 0 Å². The van der Waals surface area contributed by atoms with Crippen LogP contribution >= 0.6 is 0 Å². The van der Waals surface area contributed by atoms with E-state index in [0.717, 1.165) is 29.9 Å². The highest BCUT2D eigenvalue weighted by molar-refractivity contribution is 5.54. The first kappa shape index (κ1) is 15.3. The van der Waals surface area contributed by atoms with Gasteiger partial charge in [0.05, 0.1) is 21.3 Å². The van der Waals surface area contributed by atoms with Gasteiger partial charge in [0.25, 0.3) is 0 Å². The Morgan fingerprint density at radius 3 is 2.09 bits per heavy atom. The van der Waals surface area contributed by atoms with Crippen molar-refractivity contribution in [3.8, 4) is 28.7 Å². The van der Waals surface area contributed by atoms with Crippen LogP contribution in [0.1, 0.15) is 11.1 Å². The summed E-state index contributed by atoms with van der Waals surface area (Å²) in [4.78, 5) is 0. The summed E-state index contributed by atoms with van der Waals surface area (Å²) in [5.74, 6) is 3.58. The Labute approximate surface area is 135 Å². The third-order valence-corrected chi connectivity index (χ3v) is 3.86. The number of hydrogen-bond donors (Lipinski definition) is 0. The fraction of sp³-hybridized carbons (Fsp3) is 0.333. The second-order valence-corrected chi connectivity index (χ2v) is 5.22. The van der Waals surface area contributed by atoms with Crippen LogP contribution in [-0.4, -0.2) is 28.1 Å². The van der Waals surface area contributed by atoms with Crippen LogP contribution in [-0.2, 0) is 12.8 Å². The molecule has 0 spiro atoms. The summed E-state index contributed by atoms with van der Waals surface area (Å²) < 4.78 is 26.9. The second kappa shape index (κ2) is 6.69. The molecule has 0 fully saturated rings. The van der Waals surface area contributed by atoms with Crippen molar-refractivity contribution in [2.75, 3.05) is 28.1 Å². The lowest BCUT2D eigenvalue weighted by Crippen LogP contribution is -1.98. The van der Waals surface area contributed by atoms with E-state index in [1.165, 1.54) is 5.56 Å². The Morgan fingerprint density at radius 1 is 0.783 bits per heavy atom. The molecule has 0 bridgehead atoms. The van der Waals surface area contributed by atoms with Gasteiger partial charge < -0.3 is 23.7 Å². The monoisotopic (exact) mass is 316 g/mol. The van der Waals surface area contributed by atoms with E-state index in [1.807, 2.05) is 24.3 Å². The third kappa shape index (κ3) is 3.13. The molecule has 0 atom stereocenters. The lowest BCUT2D eigenvalue weighted by Gasteiger charge is -2.14. The molecule has 0 radical (unpaired) electrons. The zero-order valence-corrected chi connectivity index (χ0v) is 13.5. The van der Waals surface area contributed by atoms with Crippen LogP contribution in [0.15, 0.2) is 30.3 Å². The maximum absolute atomic E-state index is 5.42. The molecule has 5 nitrogen and oxygen atoms in total. The largest absolute Gasteiger partial charge is 0.493 e. The molecule has 1 heterocycles. The molecule has 1 aliphatic rings. The van der Waals surface area contributed by atoms with Gasteiger partial charge in [-0.3, -0.25) is 0 Å². The van der Waals surface area contributed by atoms with Gasteiger partial charge in [0.15, 0.2) is 23.0 Å². The zero-order valence-electron chi connectivity index (χ0n) is 13.5. The quantitative estimate of drug-likeness (QED) is 0.819. The molecule has 0 aromatic heterocycles. The predicted octanol–water partition coefficient (Wildman–Crippen LogP) is 3.23. The molecule has 0 saturated heterocycles. The van der Waals surface area contributed by atoms with Gasteiger partial charge in [-0.15, -0.1) is 0 Å². The van der Waals surface area contributed by atoms with E-state index in [4.69, 9.17) is 23.7 Å². The molecule has 23 heavy (non-hydrogen) atoms. The molecule has 1 aliphatic heterocycles. The Kier molecular flexibility index (Phi) is 4.46. The van der Waals surface area contributed by atoms with Gasteiger partial charge in [-0.2, -0.15) is 0 Å². The Balaban J connectivity index is 1.77. The van der Waals surface area contributed by atoms with Gasteiger partial charge in [0.1, 0.15) is 0 Å². The van der Waals surface area contributed by atoms with Gasteiger partial charge in [-0.1, -0.05) is 6.07 Å². The number of benzene rings is 2. The van der Waals surface area contributed by atoms with Crippen LogP contribution in [0.4, 0.5) is 0 Å². The summed E-state index contributed by atoms with van der Waals surface area (Å²) in [6.45, 7) is 0.297. The molecule has 2 aromatic carbocycles. The molecular weight excluding hydrogens is 296 g/mol. The van der Waals surface area contributed by atoms with Crippen LogP contribution in [0.5, 0.6) is 28.7 Å². The van der Waals surface area contributed by atoms with Crippen LogP contribution in [0.2, 0.25) is 0 Å². The highest BCUT2D eigenvalue weighted by Crippen LogP contribution is 2.38. The lowest BCUT2D eigenvalue weighted by molar-refractivity contribution is 0.174. The highest BCUT2D eigenvalue weighted by Gasteiger charge is 2.15. The van der Waals surface area contributed by atoms with Crippen LogP contribution in [0.3, 0.4) is 0 Å². The van der Waals surface area contributed by atoms with Crippen molar-refractivity contribution in [2.24, 2.45) is 0 Å². The van der Waals surface area contributed by atoms with Crippen molar-refractivity contribution < 1.29 is 23.7 Å². The Hall–Kier alpha value is -2.56. The maximum Gasteiger partial charge on any atom is 0.231 e. The van der Waals surface area contributed by atoms with E-state index in [0.29, 0.717) is 24.0 Å². The minimum absolute atomic E-state index is 0.297. The van der Waals surface area contributed by atoms with Gasteiger partial charge in [0, 0.05) is 0 Å². The number of methoxy groups -OCH3 is 3. The van der Waals surface area contributed by atoms with E-state index in [-0.39, 0.29) is 0 Å². The summed E-state index contributed by atoms with van der Waals surface area (Å²) in [6, 6.07) is 10.0. The van der Waals surface area contributed by atoms with Gasteiger partial charge in [-0.25, -0.2) is 0 Å². The number of fused-ring (bicyclic) bond motifs is 1. The Bertz CT molecular complexity index is 671. The standard InChI is InChI=1S/C18H20O5/c1-19-16-9-13(10-17(20-2)18(16)21-3)5-4-12-6-7-14-15(8-12)23-11-22-14/h6-10H,4-5,11H2,1-3H3. The van der Waals surface area contributed by atoms with Crippen molar-refractivity contribution in [3.63, 3.8) is 0 Å². The van der Waals surface area contributed by atoms with E-state index in [1.54, 1.807) is 21.3 Å². The third-order valence-electron chi connectivity index (χ3n) is 3.86. The van der Waals surface area contributed by atoms with Crippen LogP contribution < -0.4 is 23.7 Å². The minimum atomic E-state index is 0.297. The van der Waals surface area contributed by atoms with Crippen LogP contribution in [0.25, 0.3) is 0 Å². The minimum Gasteiger partial charge on any atom is -0.493 e. The zero-order chi connectivity index (χ0) is 16.2. The molecule has 0 aliphatic carbocycles. The summed E-state index contributed by atoms with van der Waals surface area (Å²) in [5.41, 5.74) is 2.32. The maximum atomic E-state index is 5.42. The average Bonchev–Trinajstić information content (AvgIpc) is 3.06. The molecule has 0 amide bonds. The normalized spacial score (nSPS) is 12.1. The summed E-state index contributed by atoms with van der Waals surface area (Å²) in [5, 5.41) is 0. The highest BCUT2D eigenvalue weighted by atomic mass is 16.7. The second-order valence-electron chi connectivity index (χ2n) is 5.22. The Morgan fingerprint density at radius 2 is 1.43 bits per heavy atom. The number of ether oxygens (including phenoxy) is 5. The van der Waals surface area contributed by atoms with Crippen molar-refractivity contribution in [3.05, 3.63) is 41.5 Å². The molecule has 5 heteroatoms. The molecule has 2 aromatic rings. The van der Waals surface area contributed by atoms with Crippen molar-refractivity contribution in [1.29, 1.82) is 0 Å². The molecule has 122 valence electrons. The van der Waals surface area contributed by atoms with Crippen molar-refractivity contribution >= 4 is 0 Å². The fourth-order valence-electron chi connectivity index (χ4n) is 2.66. The first-order valence-corrected chi connectivity index (χ1v) is 7.42. The summed E-state index contributed by atoms with van der Waals surface area (Å²) in [7, 11) is 4.85. The molecule has 0 saturated carbocycles. The number of hydrogen-bond acceptors (Lipinski definition) is 5. The molecule has 0 N–H and O–H groups in total. The fourth-order valence-corrected chi connectivity index (χ4v) is 2.66. The summed E-state index contributed by atoms with van der Waals surface area (Å²) >= 11 is 0. The first-order valence-electron chi connectivity index (χ1n) is 7.42. The lowest BCUT2D eigenvalue weighted by atomic mass is 10.0. The van der Waals surface area contributed by atoms with Gasteiger partial charge in [-0.05, 0) is 48.2 Å².